The number of ether oxygens (including phenoxy) is 1. The molecular weight excluding hydrogens is 366 g/mol. The number of non-ortho nitro benzene ring substituents is 1. The molecule has 0 radical (unpaired) electrons. The van der Waals surface area contributed by atoms with Gasteiger partial charge in [-0.3, -0.25) is 19.8 Å². The quantitative estimate of drug-likeness (QED) is 0.553. The van der Waals surface area contributed by atoms with Crippen LogP contribution in [0.3, 0.4) is 0 Å². The lowest BCUT2D eigenvalue weighted by atomic mass is 10.1. The van der Waals surface area contributed by atoms with Crippen LogP contribution in [0.15, 0.2) is 41.8 Å². The number of carbonyl (C=O) groups excluding carboxylic acids is 1. The highest BCUT2D eigenvalue weighted by molar-refractivity contribution is 7.10. The molecule has 1 aliphatic rings. The molecule has 1 amide bonds. The molecule has 1 fully saturated rings. The number of benzene rings is 1. The van der Waals surface area contributed by atoms with E-state index in [4.69, 9.17) is 4.74 Å². The summed E-state index contributed by atoms with van der Waals surface area (Å²) in [6, 6.07) is 10.0. The molecule has 27 heavy (non-hydrogen) atoms. The van der Waals surface area contributed by atoms with E-state index in [9.17, 15) is 14.9 Å². The summed E-state index contributed by atoms with van der Waals surface area (Å²) in [6.07, 6.45) is 3.65. The Hall–Kier alpha value is -2.45. The van der Waals surface area contributed by atoms with Gasteiger partial charge < -0.3 is 10.1 Å². The van der Waals surface area contributed by atoms with Crippen molar-refractivity contribution in [2.24, 2.45) is 0 Å². The summed E-state index contributed by atoms with van der Waals surface area (Å²) in [5.41, 5.74) is -0.00729. The predicted octanol–water partition coefficient (Wildman–Crippen LogP) is 3.38. The second-order valence-corrected chi connectivity index (χ2v) is 7.45. The topological polar surface area (TPSA) is 84.7 Å². The van der Waals surface area contributed by atoms with Gasteiger partial charge in [0.15, 0.2) is 6.61 Å². The second-order valence-electron chi connectivity index (χ2n) is 6.47. The molecule has 0 aliphatic carbocycles. The smallest absolute Gasteiger partial charge is 0.269 e. The number of thiophene rings is 1. The summed E-state index contributed by atoms with van der Waals surface area (Å²) in [7, 11) is 0. The van der Waals surface area contributed by atoms with Crippen LogP contribution >= 0.6 is 11.3 Å². The van der Waals surface area contributed by atoms with E-state index >= 15 is 0 Å². The number of amides is 1. The highest BCUT2D eigenvalue weighted by Gasteiger charge is 2.23. The number of nitrogens with zero attached hydrogens (tertiary/aromatic N) is 2. The molecule has 1 saturated heterocycles. The van der Waals surface area contributed by atoms with E-state index in [1.165, 1.54) is 48.4 Å². The number of rotatable bonds is 8. The third-order valence-electron chi connectivity index (χ3n) is 4.61. The van der Waals surface area contributed by atoms with Gasteiger partial charge in [-0.2, -0.15) is 0 Å². The molecule has 3 rings (SSSR count). The van der Waals surface area contributed by atoms with Gasteiger partial charge >= 0.3 is 0 Å². The number of hydrogen-bond donors (Lipinski definition) is 1. The van der Waals surface area contributed by atoms with Gasteiger partial charge in [-0.15, -0.1) is 11.3 Å². The maximum absolute atomic E-state index is 12.2. The number of nitro benzene ring substituents is 1. The van der Waals surface area contributed by atoms with Gasteiger partial charge in [-0.1, -0.05) is 12.5 Å². The van der Waals surface area contributed by atoms with Crippen molar-refractivity contribution < 1.29 is 14.5 Å². The molecule has 2 aromatic rings. The molecule has 0 unspecified atom stereocenters. The van der Waals surface area contributed by atoms with Crippen LogP contribution in [-0.2, 0) is 4.79 Å². The Bertz CT molecular complexity index is 743. The van der Waals surface area contributed by atoms with Crippen LogP contribution in [0.1, 0.15) is 30.2 Å². The SMILES string of the molecule is O=C(COc1ccc([N+](=O)[O-])cc1)NC[C@H](c1cccs1)N1CCCCC1. The van der Waals surface area contributed by atoms with Gasteiger partial charge in [0.25, 0.3) is 11.6 Å². The van der Waals surface area contributed by atoms with Crippen LogP contribution in [0.25, 0.3) is 0 Å². The first-order valence-electron chi connectivity index (χ1n) is 9.05. The van der Waals surface area contributed by atoms with Crippen LogP contribution in [0.2, 0.25) is 0 Å². The van der Waals surface area contributed by atoms with Gasteiger partial charge in [-0.05, 0) is 49.5 Å². The Morgan fingerprint density at radius 2 is 1.96 bits per heavy atom. The van der Waals surface area contributed by atoms with Gasteiger partial charge in [0.05, 0.1) is 11.0 Å². The first-order chi connectivity index (χ1) is 13.1. The summed E-state index contributed by atoms with van der Waals surface area (Å²) < 4.78 is 5.43. The molecule has 8 heteroatoms. The van der Waals surface area contributed by atoms with Crippen molar-refractivity contribution in [3.05, 3.63) is 56.8 Å². The maximum Gasteiger partial charge on any atom is 0.269 e. The summed E-state index contributed by atoms with van der Waals surface area (Å²) in [4.78, 5) is 26.1. The molecule has 2 heterocycles. The number of likely N-dealkylation sites (tertiary alicyclic amines) is 1. The monoisotopic (exact) mass is 389 g/mol. The number of hydrogen-bond acceptors (Lipinski definition) is 6. The maximum atomic E-state index is 12.2. The minimum absolute atomic E-state index is 0.00729. The number of nitro groups is 1. The Morgan fingerprint density at radius 3 is 2.59 bits per heavy atom. The molecule has 0 bridgehead atoms. The molecule has 1 aromatic heterocycles. The fourth-order valence-corrected chi connectivity index (χ4v) is 4.06. The average Bonchev–Trinajstić information content (AvgIpc) is 3.22. The predicted molar refractivity (Wildman–Crippen MR) is 104 cm³/mol. The van der Waals surface area contributed by atoms with Crippen molar-refractivity contribution in [1.82, 2.24) is 10.2 Å². The minimum Gasteiger partial charge on any atom is -0.484 e. The normalized spacial score (nSPS) is 15.9. The van der Waals surface area contributed by atoms with Crippen molar-refractivity contribution >= 4 is 22.9 Å². The van der Waals surface area contributed by atoms with Crippen molar-refractivity contribution in [2.45, 2.75) is 25.3 Å². The molecule has 1 aliphatic heterocycles. The summed E-state index contributed by atoms with van der Waals surface area (Å²) >= 11 is 1.71. The second kappa shape index (κ2) is 9.48. The number of nitrogens with one attached hydrogen (secondary N) is 1. The molecular formula is C19H23N3O4S. The summed E-state index contributed by atoms with van der Waals surface area (Å²) in [6.45, 7) is 2.54. The molecule has 1 aromatic carbocycles. The molecule has 1 N–H and O–H groups in total. The van der Waals surface area contributed by atoms with Crippen LogP contribution in [-0.4, -0.2) is 42.0 Å². The Labute approximate surface area is 162 Å². The highest BCUT2D eigenvalue weighted by atomic mass is 32.1. The van der Waals surface area contributed by atoms with E-state index in [-0.39, 0.29) is 24.2 Å². The number of carbonyl (C=O) groups is 1. The molecule has 144 valence electrons. The lowest BCUT2D eigenvalue weighted by molar-refractivity contribution is -0.384. The van der Waals surface area contributed by atoms with E-state index < -0.39 is 4.92 Å². The van der Waals surface area contributed by atoms with Crippen LogP contribution in [0, 0.1) is 10.1 Å². The van der Waals surface area contributed by atoms with E-state index in [0.717, 1.165) is 13.1 Å². The van der Waals surface area contributed by atoms with Gasteiger partial charge in [0, 0.05) is 23.6 Å². The fourth-order valence-electron chi connectivity index (χ4n) is 3.20. The fraction of sp³-hybridized carbons (Fsp3) is 0.421. The van der Waals surface area contributed by atoms with Crippen molar-refractivity contribution in [1.29, 1.82) is 0 Å². The largest absolute Gasteiger partial charge is 0.484 e. The van der Waals surface area contributed by atoms with Crippen molar-refractivity contribution in [3.8, 4) is 5.75 Å². The zero-order valence-electron chi connectivity index (χ0n) is 15.0. The van der Waals surface area contributed by atoms with Crippen molar-refractivity contribution in [2.75, 3.05) is 26.2 Å². The summed E-state index contributed by atoms with van der Waals surface area (Å²) in [5.74, 6) is 0.230. The van der Waals surface area contributed by atoms with Gasteiger partial charge in [0.2, 0.25) is 0 Å². The third-order valence-corrected chi connectivity index (χ3v) is 5.59. The standard InChI is InChI=1S/C19H23N3O4S/c23-19(14-26-16-8-6-15(7-9-16)22(24)25)20-13-17(18-5-4-12-27-18)21-10-2-1-3-11-21/h4-9,12,17H,1-3,10-11,13-14H2,(H,20,23)/t17-/m1/s1. The summed E-state index contributed by atoms with van der Waals surface area (Å²) in [5, 5.41) is 15.7. The first-order valence-corrected chi connectivity index (χ1v) is 9.93. The third kappa shape index (κ3) is 5.51. The average molecular weight is 389 g/mol. The zero-order valence-corrected chi connectivity index (χ0v) is 15.8. The van der Waals surface area contributed by atoms with E-state index in [1.807, 2.05) is 6.07 Å². The zero-order chi connectivity index (χ0) is 19.1. The Morgan fingerprint density at radius 1 is 1.22 bits per heavy atom. The molecule has 1 atom stereocenters. The van der Waals surface area contributed by atoms with E-state index in [0.29, 0.717) is 12.3 Å². The minimum atomic E-state index is -0.470. The van der Waals surface area contributed by atoms with Gasteiger partial charge in [0.1, 0.15) is 5.75 Å². The molecule has 0 spiro atoms. The Balaban J connectivity index is 1.50. The highest BCUT2D eigenvalue weighted by Crippen LogP contribution is 2.27. The Kier molecular flexibility index (Phi) is 6.78. The lowest BCUT2D eigenvalue weighted by Gasteiger charge is -2.34. The van der Waals surface area contributed by atoms with Crippen molar-refractivity contribution in [3.63, 3.8) is 0 Å². The van der Waals surface area contributed by atoms with Crippen LogP contribution in [0.4, 0.5) is 5.69 Å². The number of piperidine rings is 1. The molecule has 0 saturated carbocycles. The van der Waals surface area contributed by atoms with E-state index in [2.05, 4.69) is 21.7 Å². The van der Waals surface area contributed by atoms with Crippen LogP contribution < -0.4 is 10.1 Å². The lowest BCUT2D eigenvalue weighted by Crippen LogP contribution is -2.41. The first kappa shape index (κ1) is 19.3. The van der Waals surface area contributed by atoms with Crippen LogP contribution in [0.5, 0.6) is 5.75 Å². The van der Waals surface area contributed by atoms with E-state index in [1.54, 1.807) is 11.3 Å². The molecule has 7 nitrogen and oxygen atoms in total. The van der Waals surface area contributed by atoms with Gasteiger partial charge in [-0.25, -0.2) is 0 Å².